The zero-order valence-electron chi connectivity index (χ0n) is 12.5. The molecular weight excluding hydrogens is 282 g/mol. The number of amides is 1. The lowest BCUT2D eigenvalue weighted by Gasteiger charge is -2.35. The van der Waals surface area contributed by atoms with Gasteiger partial charge in [-0.05, 0) is 37.3 Å². The highest BCUT2D eigenvalue weighted by Crippen LogP contribution is 2.29. The van der Waals surface area contributed by atoms with E-state index < -0.39 is 0 Å². The van der Waals surface area contributed by atoms with Crippen LogP contribution in [0.3, 0.4) is 0 Å². The molecular formula is C16H23N3OS. The number of rotatable bonds is 5. The van der Waals surface area contributed by atoms with E-state index in [1.165, 1.54) is 18.4 Å². The Morgan fingerprint density at radius 1 is 1.43 bits per heavy atom. The van der Waals surface area contributed by atoms with Crippen molar-refractivity contribution in [3.8, 4) is 0 Å². The second-order valence-corrected chi connectivity index (χ2v) is 7.11. The van der Waals surface area contributed by atoms with E-state index in [4.69, 9.17) is 0 Å². The summed E-state index contributed by atoms with van der Waals surface area (Å²) in [6, 6.07) is 5.68. The van der Waals surface area contributed by atoms with Crippen molar-refractivity contribution in [3.63, 3.8) is 0 Å². The Bertz CT molecular complexity index is 470. The van der Waals surface area contributed by atoms with E-state index >= 15 is 0 Å². The highest BCUT2D eigenvalue weighted by atomic mass is 32.2. The Morgan fingerprint density at radius 2 is 2.19 bits per heavy atom. The summed E-state index contributed by atoms with van der Waals surface area (Å²) in [7, 11) is 1.97. The molecule has 1 N–H and O–H groups in total. The molecule has 0 saturated carbocycles. The molecule has 2 bridgehead atoms. The molecule has 0 aliphatic carbocycles. The van der Waals surface area contributed by atoms with Crippen LogP contribution in [-0.4, -0.2) is 46.7 Å². The van der Waals surface area contributed by atoms with Crippen molar-refractivity contribution >= 4 is 17.7 Å². The minimum Gasteiger partial charge on any atom is -0.342 e. The van der Waals surface area contributed by atoms with Crippen molar-refractivity contribution in [2.45, 2.75) is 49.6 Å². The maximum atomic E-state index is 12.3. The van der Waals surface area contributed by atoms with Gasteiger partial charge in [-0.1, -0.05) is 6.07 Å². The number of aromatic nitrogens is 1. The van der Waals surface area contributed by atoms with E-state index in [1.54, 1.807) is 18.0 Å². The largest absolute Gasteiger partial charge is 0.342 e. The topological polar surface area (TPSA) is 45.2 Å². The summed E-state index contributed by atoms with van der Waals surface area (Å²) in [5.41, 5.74) is 1.18. The van der Waals surface area contributed by atoms with Gasteiger partial charge in [0.2, 0.25) is 5.91 Å². The summed E-state index contributed by atoms with van der Waals surface area (Å²) >= 11 is 1.68. The third-order valence-electron chi connectivity index (χ3n) is 4.61. The van der Waals surface area contributed by atoms with Crippen molar-refractivity contribution in [2.75, 3.05) is 12.8 Å². The average Bonchev–Trinajstić information content (AvgIpc) is 2.85. The molecule has 3 heterocycles. The predicted molar refractivity (Wildman–Crippen MR) is 86.1 cm³/mol. The lowest BCUT2D eigenvalue weighted by atomic mass is 9.98. The summed E-state index contributed by atoms with van der Waals surface area (Å²) in [6.45, 7) is 0. The average molecular weight is 305 g/mol. The van der Waals surface area contributed by atoms with Crippen LogP contribution in [0.1, 0.15) is 31.2 Å². The summed E-state index contributed by atoms with van der Waals surface area (Å²) < 4.78 is 0. The molecule has 3 rings (SSSR count). The summed E-state index contributed by atoms with van der Waals surface area (Å²) in [5, 5.41) is 3.63. The zero-order valence-corrected chi connectivity index (χ0v) is 13.3. The molecule has 2 atom stereocenters. The first-order chi connectivity index (χ1) is 10.2. The molecule has 2 aliphatic rings. The maximum absolute atomic E-state index is 12.3. The van der Waals surface area contributed by atoms with E-state index in [9.17, 15) is 4.79 Å². The molecule has 0 radical (unpaired) electrons. The lowest BCUT2D eigenvalue weighted by molar-refractivity contribution is -0.129. The first kappa shape index (κ1) is 14.9. The molecule has 1 aromatic heterocycles. The van der Waals surface area contributed by atoms with Crippen LogP contribution in [0.5, 0.6) is 0 Å². The number of hydrogen-bond donors (Lipinski definition) is 1. The van der Waals surface area contributed by atoms with E-state index in [2.05, 4.69) is 16.4 Å². The molecule has 1 aromatic rings. The van der Waals surface area contributed by atoms with Crippen molar-refractivity contribution in [1.29, 1.82) is 0 Å². The molecule has 0 spiro atoms. The fourth-order valence-corrected chi connectivity index (χ4v) is 4.28. The number of carbonyl (C=O) groups is 1. The third-order valence-corrected chi connectivity index (χ3v) is 5.59. The van der Waals surface area contributed by atoms with E-state index in [-0.39, 0.29) is 5.91 Å². The number of nitrogens with one attached hydrogen (secondary N) is 1. The third kappa shape index (κ3) is 3.77. The van der Waals surface area contributed by atoms with Gasteiger partial charge in [0.15, 0.2) is 0 Å². The molecule has 114 valence electrons. The van der Waals surface area contributed by atoms with Crippen molar-refractivity contribution in [1.82, 2.24) is 15.2 Å². The van der Waals surface area contributed by atoms with Crippen molar-refractivity contribution in [2.24, 2.45) is 0 Å². The number of fused-ring (bicyclic) bond motifs is 2. The van der Waals surface area contributed by atoms with Gasteiger partial charge in [0.1, 0.15) is 0 Å². The molecule has 4 nitrogen and oxygen atoms in total. The van der Waals surface area contributed by atoms with Gasteiger partial charge < -0.3 is 10.2 Å². The number of carbonyl (C=O) groups excluding carboxylic acids is 1. The minimum atomic E-state index is 0.259. The van der Waals surface area contributed by atoms with E-state index in [0.717, 1.165) is 18.6 Å². The maximum Gasteiger partial charge on any atom is 0.232 e. The molecule has 2 saturated heterocycles. The molecule has 1 amide bonds. The fourth-order valence-electron chi connectivity index (χ4n) is 3.39. The van der Waals surface area contributed by atoms with Gasteiger partial charge >= 0.3 is 0 Å². The Morgan fingerprint density at radius 3 is 2.86 bits per heavy atom. The van der Waals surface area contributed by atoms with E-state index in [1.807, 2.05) is 24.2 Å². The number of thioether (sulfide) groups is 1. The van der Waals surface area contributed by atoms with Crippen LogP contribution in [0.2, 0.25) is 0 Å². The Kier molecular flexibility index (Phi) is 4.80. The normalized spacial score (nSPS) is 27.6. The standard InChI is InChI=1S/C16H23N3OS/c1-19(15-7-13-4-5-14(8-15)18-13)16(20)11-21-10-12-3-2-6-17-9-12/h2-3,6,9,13-15,18H,4-5,7-8,10-11H2,1H3. The highest BCUT2D eigenvalue weighted by Gasteiger charge is 2.36. The van der Waals surface area contributed by atoms with Gasteiger partial charge in [-0.25, -0.2) is 0 Å². The summed E-state index contributed by atoms with van der Waals surface area (Å²) in [4.78, 5) is 18.4. The van der Waals surface area contributed by atoms with Crippen LogP contribution < -0.4 is 5.32 Å². The quantitative estimate of drug-likeness (QED) is 0.904. The Balaban J connectivity index is 1.44. The van der Waals surface area contributed by atoms with Crippen LogP contribution in [-0.2, 0) is 10.5 Å². The number of pyridine rings is 1. The van der Waals surface area contributed by atoms with Crippen LogP contribution in [0.15, 0.2) is 24.5 Å². The van der Waals surface area contributed by atoms with Crippen molar-refractivity contribution in [3.05, 3.63) is 30.1 Å². The second-order valence-electron chi connectivity index (χ2n) is 6.12. The monoisotopic (exact) mass is 305 g/mol. The molecule has 5 heteroatoms. The molecule has 2 fully saturated rings. The van der Waals surface area contributed by atoms with Gasteiger partial charge in [-0.2, -0.15) is 0 Å². The van der Waals surface area contributed by atoms with Gasteiger partial charge in [-0.3, -0.25) is 9.78 Å². The minimum absolute atomic E-state index is 0.259. The molecule has 0 aromatic carbocycles. The zero-order chi connectivity index (χ0) is 14.7. The van der Waals surface area contributed by atoms with Crippen LogP contribution >= 0.6 is 11.8 Å². The smallest absolute Gasteiger partial charge is 0.232 e. The fraction of sp³-hybridized carbons (Fsp3) is 0.625. The predicted octanol–water partition coefficient (Wildman–Crippen LogP) is 2.06. The molecule has 2 unspecified atom stereocenters. The number of nitrogens with zero attached hydrogens (tertiary/aromatic N) is 2. The van der Waals surface area contributed by atoms with Gasteiger partial charge in [0.25, 0.3) is 0 Å². The molecule has 21 heavy (non-hydrogen) atoms. The highest BCUT2D eigenvalue weighted by molar-refractivity contribution is 7.99. The van der Waals surface area contributed by atoms with Crippen LogP contribution in [0, 0.1) is 0 Å². The summed E-state index contributed by atoms with van der Waals surface area (Å²) in [5.74, 6) is 1.67. The number of hydrogen-bond acceptors (Lipinski definition) is 4. The van der Waals surface area contributed by atoms with Crippen LogP contribution in [0.4, 0.5) is 0 Å². The first-order valence-electron chi connectivity index (χ1n) is 7.70. The number of piperidine rings is 1. The van der Waals surface area contributed by atoms with Crippen LogP contribution in [0.25, 0.3) is 0 Å². The SMILES string of the molecule is CN(C(=O)CSCc1cccnc1)C1CC2CCC(C1)N2. The lowest BCUT2D eigenvalue weighted by Crippen LogP contribution is -2.49. The molecule has 2 aliphatic heterocycles. The Labute approximate surface area is 130 Å². The Hall–Kier alpha value is -1.07. The van der Waals surface area contributed by atoms with Gasteiger partial charge in [-0.15, -0.1) is 11.8 Å². The second kappa shape index (κ2) is 6.79. The van der Waals surface area contributed by atoms with Gasteiger partial charge in [0, 0.05) is 43.3 Å². The summed E-state index contributed by atoms with van der Waals surface area (Å²) in [6.07, 6.45) is 8.43. The van der Waals surface area contributed by atoms with Crippen molar-refractivity contribution < 1.29 is 4.79 Å². The van der Waals surface area contributed by atoms with Gasteiger partial charge in [0.05, 0.1) is 5.75 Å². The first-order valence-corrected chi connectivity index (χ1v) is 8.86. The van der Waals surface area contributed by atoms with E-state index in [0.29, 0.717) is 23.9 Å².